The van der Waals surface area contributed by atoms with Crippen molar-refractivity contribution >= 4 is 29.2 Å². The zero-order valence-corrected chi connectivity index (χ0v) is 21.8. The summed E-state index contributed by atoms with van der Waals surface area (Å²) in [7, 11) is 0. The highest BCUT2D eigenvalue weighted by molar-refractivity contribution is 6.30. The van der Waals surface area contributed by atoms with Gasteiger partial charge in [0.15, 0.2) is 0 Å². The first-order valence-corrected chi connectivity index (χ1v) is 13.6. The normalized spacial score (nSPS) is 20.1. The van der Waals surface area contributed by atoms with Gasteiger partial charge in [-0.1, -0.05) is 29.8 Å². The number of urea groups is 1. The van der Waals surface area contributed by atoms with Gasteiger partial charge in [0.05, 0.1) is 29.2 Å². The number of amides is 3. The molecule has 2 aromatic heterocycles. The van der Waals surface area contributed by atoms with E-state index in [-0.39, 0.29) is 29.6 Å². The standard InChI is InChI=1S/C28H30ClFN6O2/c29-26-21(4-3-12-31-26)19-9-13-35(17-19)27(37)22-16-32-36(25(22)18-7-8-18)20-10-14-34(15-11-20)28(38)33-24-6-2-1-5-23(24)30/h1-6,12,16,18-20H,7-11,13-15,17H2,(H,33,38). The van der Waals surface area contributed by atoms with E-state index < -0.39 is 5.82 Å². The fourth-order valence-electron chi connectivity index (χ4n) is 5.73. The Morgan fingerprint density at radius 3 is 2.45 bits per heavy atom. The number of benzene rings is 1. The van der Waals surface area contributed by atoms with E-state index in [1.165, 1.54) is 6.07 Å². The minimum Gasteiger partial charge on any atom is -0.338 e. The van der Waals surface area contributed by atoms with Gasteiger partial charge >= 0.3 is 6.03 Å². The fourth-order valence-corrected chi connectivity index (χ4v) is 6.01. The maximum Gasteiger partial charge on any atom is 0.321 e. The van der Waals surface area contributed by atoms with Crippen LogP contribution in [0.15, 0.2) is 48.8 Å². The minimum absolute atomic E-state index is 0.0300. The van der Waals surface area contributed by atoms with Crippen molar-refractivity contribution in [3.63, 3.8) is 0 Å². The van der Waals surface area contributed by atoms with E-state index in [2.05, 4.69) is 10.3 Å². The second-order valence-corrected chi connectivity index (χ2v) is 10.8. The molecule has 0 radical (unpaired) electrons. The van der Waals surface area contributed by atoms with Crippen molar-refractivity contribution in [3.05, 3.63) is 76.6 Å². The van der Waals surface area contributed by atoms with Gasteiger partial charge < -0.3 is 15.1 Å². The van der Waals surface area contributed by atoms with Crippen LogP contribution in [0.2, 0.25) is 5.15 Å². The summed E-state index contributed by atoms with van der Waals surface area (Å²) in [5, 5.41) is 7.88. The van der Waals surface area contributed by atoms with Crippen molar-refractivity contribution < 1.29 is 14.0 Å². The van der Waals surface area contributed by atoms with Crippen molar-refractivity contribution in [1.29, 1.82) is 0 Å². The summed E-state index contributed by atoms with van der Waals surface area (Å²) in [4.78, 5) is 34.2. The van der Waals surface area contributed by atoms with Crippen LogP contribution >= 0.6 is 11.6 Å². The monoisotopic (exact) mass is 536 g/mol. The maximum absolute atomic E-state index is 13.9. The molecule has 1 N–H and O–H groups in total. The molecule has 1 aromatic carbocycles. The maximum atomic E-state index is 13.9. The van der Waals surface area contributed by atoms with Crippen LogP contribution in [-0.2, 0) is 0 Å². The molecular weight excluding hydrogens is 507 g/mol. The lowest BCUT2D eigenvalue weighted by Gasteiger charge is -2.33. The number of piperidine rings is 1. The molecule has 6 rings (SSSR count). The topological polar surface area (TPSA) is 83.4 Å². The molecule has 0 spiro atoms. The van der Waals surface area contributed by atoms with E-state index in [0.29, 0.717) is 42.8 Å². The number of aromatic nitrogens is 3. The summed E-state index contributed by atoms with van der Waals surface area (Å²) in [6.07, 6.45) is 7.85. The summed E-state index contributed by atoms with van der Waals surface area (Å²) in [6.45, 7) is 2.38. The molecule has 3 aromatic rings. The van der Waals surface area contributed by atoms with E-state index in [9.17, 15) is 14.0 Å². The number of hydrogen-bond acceptors (Lipinski definition) is 4. The highest BCUT2D eigenvalue weighted by Gasteiger charge is 2.38. The molecule has 2 saturated heterocycles. The molecule has 3 amide bonds. The van der Waals surface area contributed by atoms with Gasteiger partial charge in [0.2, 0.25) is 0 Å². The van der Waals surface area contributed by atoms with Crippen molar-refractivity contribution in [3.8, 4) is 0 Å². The molecule has 3 fully saturated rings. The Hall–Kier alpha value is -3.46. The van der Waals surface area contributed by atoms with Gasteiger partial charge in [-0.05, 0) is 55.9 Å². The van der Waals surface area contributed by atoms with Crippen LogP contribution in [0.3, 0.4) is 0 Å². The van der Waals surface area contributed by atoms with Crippen LogP contribution in [0.1, 0.15) is 71.6 Å². The van der Waals surface area contributed by atoms with Gasteiger partial charge in [-0.15, -0.1) is 0 Å². The van der Waals surface area contributed by atoms with E-state index in [4.69, 9.17) is 16.7 Å². The number of pyridine rings is 1. The molecule has 3 aliphatic rings. The summed E-state index contributed by atoms with van der Waals surface area (Å²) >= 11 is 6.32. The molecule has 0 bridgehead atoms. The Morgan fingerprint density at radius 2 is 1.71 bits per heavy atom. The van der Waals surface area contributed by atoms with E-state index in [1.807, 2.05) is 21.7 Å². The molecule has 8 nitrogen and oxygen atoms in total. The Morgan fingerprint density at radius 1 is 0.947 bits per heavy atom. The van der Waals surface area contributed by atoms with Gasteiger partial charge in [0.25, 0.3) is 5.91 Å². The summed E-state index contributed by atoms with van der Waals surface area (Å²) in [5.74, 6) is 0.109. The predicted octanol–water partition coefficient (Wildman–Crippen LogP) is 5.45. The Labute approximate surface area is 225 Å². The quantitative estimate of drug-likeness (QED) is 0.440. The molecule has 1 atom stereocenters. The Balaban J connectivity index is 1.12. The first-order valence-electron chi connectivity index (χ1n) is 13.3. The van der Waals surface area contributed by atoms with E-state index in [0.717, 1.165) is 43.4 Å². The van der Waals surface area contributed by atoms with Crippen LogP contribution in [0.25, 0.3) is 0 Å². The van der Waals surface area contributed by atoms with E-state index in [1.54, 1.807) is 35.5 Å². The van der Waals surface area contributed by atoms with Crippen molar-refractivity contribution in [2.75, 3.05) is 31.5 Å². The first-order chi connectivity index (χ1) is 18.5. The molecule has 1 saturated carbocycles. The third kappa shape index (κ3) is 4.87. The fraction of sp³-hybridized carbons (Fsp3) is 0.429. The van der Waals surface area contributed by atoms with Crippen molar-refractivity contribution in [2.24, 2.45) is 0 Å². The number of para-hydroxylation sites is 1. The number of carbonyl (C=O) groups is 2. The number of nitrogens with one attached hydrogen (secondary N) is 1. The highest BCUT2D eigenvalue weighted by Crippen LogP contribution is 2.44. The highest BCUT2D eigenvalue weighted by atomic mass is 35.5. The molecule has 2 aliphatic heterocycles. The third-order valence-corrected chi connectivity index (χ3v) is 8.26. The number of anilines is 1. The SMILES string of the molecule is O=C(Nc1ccccc1F)N1CCC(n2ncc(C(=O)N3CCC(c4cccnc4Cl)C3)c2C2CC2)CC1. The second-order valence-electron chi connectivity index (χ2n) is 10.4. The van der Waals surface area contributed by atoms with Gasteiger partial charge in [-0.2, -0.15) is 5.10 Å². The van der Waals surface area contributed by atoms with Crippen LogP contribution in [0.5, 0.6) is 0 Å². The van der Waals surface area contributed by atoms with Crippen LogP contribution in [0.4, 0.5) is 14.9 Å². The van der Waals surface area contributed by atoms with Crippen LogP contribution < -0.4 is 5.32 Å². The molecular formula is C28H30ClFN6O2. The Kier molecular flexibility index (Phi) is 6.78. The first kappa shape index (κ1) is 24.9. The smallest absolute Gasteiger partial charge is 0.321 e. The largest absolute Gasteiger partial charge is 0.338 e. The number of hydrogen-bond donors (Lipinski definition) is 1. The van der Waals surface area contributed by atoms with Gasteiger partial charge in [-0.3, -0.25) is 9.48 Å². The number of nitrogens with zero attached hydrogens (tertiary/aromatic N) is 5. The summed E-state index contributed by atoms with van der Waals surface area (Å²) in [6, 6.07) is 9.86. The predicted molar refractivity (Wildman–Crippen MR) is 142 cm³/mol. The molecule has 198 valence electrons. The molecule has 38 heavy (non-hydrogen) atoms. The number of halogens is 2. The molecule has 10 heteroatoms. The average molecular weight is 537 g/mol. The van der Waals surface area contributed by atoms with Crippen LogP contribution in [0, 0.1) is 5.82 Å². The molecule has 1 unspecified atom stereocenters. The van der Waals surface area contributed by atoms with E-state index >= 15 is 0 Å². The lowest BCUT2D eigenvalue weighted by molar-refractivity contribution is 0.0789. The van der Waals surface area contributed by atoms with Gasteiger partial charge in [0.1, 0.15) is 11.0 Å². The lowest BCUT2D eigenvalue weighted by Crippen LogP contribution is -2.42. The number of rotatable bonds is 5. The summed E-state index contributed by atoms with van der Waals surface area (Å²) in [5.41, 5.74) is 2.91. The molecule has 1 aliphatic carbocycles. The van der Waals surface area contributed by atoms with Crippen molar-refractivity contribution in [2.45, 2.75) is 50.0 Å². The number of carbonyl (C=O) groups excluding carboxylic acids is 2. The van der Waals surface area contributed by atoms with Gasteiger partial charge in [0, 0.05) is 44.2 Å². The average Bonchev–Trinajstić information content (AvgIpc) is 3.48. The number of likely N-dealkylation sites (tertiary alicyclic amines) is 2. The Bertz CT molecular complexity index is 1350. The molecule has 4 heterocycles. The van der Waals surface area contributed by atoms with Crippen LogP contribution in [-0.4, -0.2) is 62.7 Å². The third-order valence-electron chi connectivity index (χ3n) is 7.94. The van der Waals surface area contributed by atoms with Gasteiger partial charge in [-0.25, -0.2) is 14.2 Å². The second kappa shape index (κ2) is 10.4. The van der Waals surface area contributed by atoms with Crippen molar-refractivity contribution in [1.82, 2.24) is 24.6 Å². The zero-order chi connectivity index (χ0) is 26.2. The minimum atomic E-state index is -0.452. The summed E-state index contributed by atoms with van der Waals surface area (Å²) < 4.78 is 16.0. The lowest BCUT2D eigenvalue weighted by atomic mass is 10.0. The zero-order valence-electron chi connectivity index (χ0n) is 21.0.